The van der Waals surface area contributed by atoms with Crippen LogP contribution >= 0.6 is 0 Å². The Morgan fingerprint density at radius 3 is 2.07 bits per heavy atom. The Morgan fingerprint density at radius 2 is 1.36 bits per heavy atom. The molecule has 0 aliphatic carbocycles. The van der Waals surface area contributed by atoms with E-state index >= 15 is 0 Å². The smallest absolute Gasteiger partial charge is 0.189 e. The second kappa shape index (κ2) is 8.30. The van der Waals surface area contributed by atoms with Gasteiger partial charge in [-0.15, -0.1) is 0 Å². The minimum absolute atomic E-state index is 0.111. The van der Waals surface area contributed by atoms with Crippen LogP contribution in [0, 0.1) is 0 Å². The zero-order valence-corrected chi connectivity index (χ0v) is 15.7. The first-order chi connectivity index (χ1) is 13.8. The van der Waals surface area contributed by atoms with Gasteiger partial charge in [0, 0.05) is 18.2 Å². The third-order valence-corrected chi connectivity index (χ3v) is 4.78. The SMILES string of the molecule is COCCOCOc1ccc2ccccc2c1-c1c(O)ccc2ccccc12. The summed E-state index contributed by atoms with van der Waals surface area (Å²) < 4.78 is 16.4. The van der Waals surface area contributed by atoms with E-state index in [4.69, 9.17) is 14.2 Å². The number of benzene rings is 4. The second-order valence-electron chi connectivity index (χ2n) is 6.50. The van der Waals surface area contributed by atoms with Crippen LogP contribution in [0.15, 0.2) is 72.8 Å². The second-order valence-corrected chi connectivity index (χ2v) is 6.50. The average Bonchev–Trinajstić information content (AvgIpc) is 2.74. The van der Waals surface area contributed by atoms with Gasteiger partial charge in [0.2, 0.25) is 0 Å². The highest BCUT2D eigenvalue weighted by Gasteiger charge is 2.17. The molecule has 4 heteroatoms. The van der Waals surface area contributed by atoms with E-state index in [1.54, 1.807) is 13.2 Å². The van der Waals surface area contributed by atoms with Crippen LogP contribution in [0.25, 0.3) is 32.7 Å². The number of aromatic hydroxyl groups is 1. The summed E-state index contributed by atoms with van der Waals surface area (Å²) in [5.41, 5.74) is 1.63. The minimum atomic E-state index is 0.111. The van der Waals surface area contributed by atoms with Gasteiger partial charge < -0.3 is 19.3 Å². The first-order valence-electron chi connectivity index (χ1n) is 9.22. The third kappa shape index (κ3) is 3.52. The standard InChI is InChI=1S/C24H22O4/c1-26-14-15-27-16-28-22-13-11-18-7-3-5-9-20(18)24(22)23-19-8-4-2-6-17(19)10-12-21(23)25/h2-13,25H,14-16H2,1H3. The molecule has 0 saturated carbocycles. The number of phenolic OH excluding ortho intramolecular Hbond substituents is 1. The number of hydrogen-bond donors (Lipinski definition) is 1. The third-order valence-electron chi connectivity index (χ3n) is 4.78. The van der Waals surface area contributed by atoms with Gasteiger partial charge in [-0.2, -0.15) is 0 Å². The highest BCUT2D eigenvalue weighted by molar-refractivity contribution is 6.09. The Hall–Kier alpha value is -3.08. The molecule has 0 aliphatic rings. The van der Waals surface area contributed by atoms with Crippen molar-refractivity contribution in [3.63, 3.8) is 0 Å². The van der Waals surface area contributed by atoms with Gasteiger partial charge in [0.15, 0.2) is 6.79 Å². The molecule has 4 rings (SSSR count). The molecular weight excluding hydrogens is 352 g/mol. The maximum atomic E-state index is 10.8. The lowest BCUT2D eigenvalue weighted by Crippen LogP contribution is -2.08. The van der Waals surface area contributed by atoms with Crippen LogP contribution < -0.4 is 4.74 Å². The molecule has 0 radical (unpaired) electrons. The van der Waals surface area contributed by atoms with Crippen molar-refractivity contribution >= 4 is 21.5 Å². The molecule has 0 aromatic heterocycles. The fourth-order valence-corrected chi connectivity index (χ4v) is 3.46. The Kier molecular flexibility index (Phi) is 5.42. The largest absolute Gasteiger partial charge is 0.507 e. The summed E-state index contributed by atoms with van der Waals surface area (Å²) in [4.78, 5) is 0. The Bertz CT molecular complexity index is 1100. The maximum absolute atomic E-state index is 10.8. The van der Waals surface area contributed by atoms with E-state index in [0.29, 0.717) is 19.0 Å². The van der Waals surface area contributed by atoms with Crippen LogP contribution in [-0.4, -0.2) is 32.2 Å². The molecular formula is C24H22O4. The summed E-state index contributed by atoms with van der Waals surface area (Å²) in [6.07, 6.45) is 0. The topological polar surface area (TPSA) is 47.9 Å². The van der Waals surface area contributed by atoms with Crippen LogP contribution in [0.3, 0.4) is 0 Å². The van der Waals surface area contributed by atoms with Gasteiger partial charge in [-0.3, -0.25) is 0 Å². The van der Waals surface area contributed by atoms with Gasteiger partial charge in [0.1, 0.15) is 11.5 Å². The van der Waals surface area contributed by atoms with E-state index < -0.39 is 0 Å². The van der Waals surface area contributed by atoms with Crippen molar-refractivity contribution in [3.8, 4) is 22.6 Å². The number of methoxy groups -OCH3 is 1. The van der Waals surface area contributed by atoms with E-state index in [-0.39, 0.29) is 12.5 Å². The van der Waals surface area contributed by atoms with Crippen molar-refractivity contribution in [3.05, 3.63) is 72.8 Å². The Morgan fingerprint density at radius 1 is 0.714 bits per heavy atom. The lowest BCUT2D eigenvalue weighted by atomic mass is 9.92. The van der Waals surface area contributed by atoms with E-state index in [2.05, 4.69) is 6.07 Å². The number of phenols is 1. The summed E-state index contributed by atoms with van der Waals surface area (Å²) >= 11 is 0. The van der Waals surface area contributed by atoms with E-state index in [1.165, 1.54) is 0 Å². The van der Waals surface area contributed by atoms with Crippen molar-refractivity contribution in [2.24, 2.45) is 0 Å². The summed E-state index contributed by atoms with van der Waals surface area (Å²) in [6.45, 7) is 1.08. The molecule has 0 heterocycles. The molecule has 142 valence electrons. The average molecular weight is 374 g/mol. The molecule has 0 bridgehead atoms. The lowest BCUT2D eigenvalue weighted by Gasteiger charge is -2.17. The first kappa shape index (κ1) is 18.3. The molecule has 0 aliphatic heterocycles. The highest BCUT2D eigenvalue weighted by Crippen LogP contribution is 2.44. The fraction of sp³-hybridized carbons (Fsp3) is 0.167. The van der Waals surface area contributed by atoms with Gasteiger partial charge in [-0.25, -0.2) is 0 Å². The Balaban J connectivity index is 1.87. The minimum Gasteiger partial charge on any atom is -0.507 e. The monoisotopic (exact) mass is 374 g/mol. The summed E-state index contributed by atoms with van der Waals surface area (Å²) in [6, 6.07) is 23.7. The molecule has 0 unspecified atom stereocenters. The predicted molar refractivity (Wildman–Crippen MR) is 112 cm³/mol. The molecule has 4 aromatic carbocycles. The summed E-state index contributed by atoms with van der Waals surface area (Å²) in [5.74, 6) is 0.892. The van der Waals surface area contributed by atoms with Crippen LogP contribution in [0.1, 0.15) is 0 Å². The zero-order valence-electron chi connectivity index (χ0n) is 15.7. The Labute approximate surface area is 163 Å². The molecule has 0 saturated heterocycles. The van der Waals surface area contributed by atoms with Crippen molar-refractivity contribution in [2.45, 2.75) is 0 Å². The molecule has 0 fully saturated rings. The molecule has 4 aromatic rings. The van der Waals surface area contributed by atoms with Crippen molar-refractivity contribution in [1.29, 1.82) is 0 Å². The van der Waals surface area contributed by atoms with Gasteiger partial charge in [0.25, 0.3) is 0 Å². The molecule has 0 spiro atoms. The van der Waals surface area contributed by atoms with E-state index in [1.807, 2.05) is 60.7 Å². The first-order valence-corrected chi connectivity index (χ1v) is 9.22. The predicted octanol–water partition coefficient (Wildman–Crippen LogP) is 5.36. The molecule has 0 atom stereocenters. The number of hydrogen-bond acceptors (Lipinski definition) is 4. The van der Waals surface area contributed by atoms with Crippen molar-refractivity contribution in [2.75, 3.05) is 27.1 Å². The zero-order chi connectivity index (χ0) is 19.3. The van der Waals surface area contributed by atoms with Crippen LogP contribution in [0.4, 0.5) is 0 Å². The van der Waals surface area contributed by atoms with Crippen LogP contribution in [0.2, 0.25) is 0 Å². The normalized spacial score (nSPS) is 11.2. The molecule has 28 heavy (non-hydrogen) atoms. The summed E-state index contributed by atoms with van der Waals surface area (Å²) in [5, 5.41) is 14.9. The number of ether oxygens (including phenoxy) is 3. The van der Waals surface area contributed by atoms with Gasteiger partial charge >= 0.3 is 0 Å². The maximum Gasteiger partial charge on any atom is 0.189 e. The number of rotatable bonds is 7. The molecule has 1 N–H and O–H groups in total. The van der Waals surface area contributed by atoms with Gasteiger partial charge in [-0.1, -0.05) is 60.7 Å². The van der Waals surface area contributed by atoms with Gasteiger partial charge in [0.05, 0.1) is 13.2 Å². The van der Waals surface area contributed by atoms with Crippen molar-refractivity contribution in [1.82, 2.24) is 0 Å². The van der Waals surface area contributed by atoms with E-state index in [9.17, 15) is 5.11 Å². The molecule has 4 nitrogen and oxygen atoms in total. The van der Waals surface area contributed by atoms with Crippen LogP contribution in [0.5, 0.6) is 11.5 Å². The summed E-state index contributed by atoms with van der Waals surface area (Å²) in [7, 11) is 1.63. The lowest BCUT2D eigenvalue weighted by molar-refractivity contribution is -0.00817. The van der Waals surface area contributed by atoms with E-state index in [0.717, 1.165) is 32.7 Å². The van der Waals surface area contributed by atoms with Gasteiger partial charge in [-0.05, 0) is 33.7 Å². The number of fused-ring (bicyclic) bond motifs is 2. The quantitative estimate of drug-likeness (QED) is 0.349. The molecule has 0 amide bonds. The van der Waals surface area contributed by atoms with Crippen molar-refractivity contribution < 1.29 is 19.3 Å². The highest BCUT2D eigenvalue weighted by atomic mass is 16.7. The van der Waals surface area contributed by atoms with Crippen LogP contribution in [-0.2, 0) is 9.47 Å². The fourth-order valence-electron chi connectivity index (χ4n) is 3.46.